The number of fused-ring (bicyclic) bond motifs is 2. The molecule has 0 saturated carbocycles. The van der Waals surface area contributed by atoms with Crippen LogP contribution in [0, 0.1) is 11.7 Å². The Morgan fingerprint density at radius 1 is 1.11 bits per heavy atom. The Balaban J connectivity index is 1.50. The molecule has 1 saturated heterocycles. The number of halogens is 1. The number of rotatable bonds is 9. The summed E-state index contributed by atoms with van der Waals surface area (Å²) >= 11 is 1.10. The van der Waals surface area contributed by atoms with E-state index in [4.69, 9.17) is 14.2 Å². The molecule has 2 atom stereocenters. The summed E-state index contributed by atoms with van der Waals surface area (Å²) in [6.45, 7) is 8.91. The molecule has 0 unspecified atom stereocenters. The molecule has 0 bridgehead atoms. The molecule has 228 valence electrons. The number of amides is 1. The van der Waals surface area contributed by atoms with Crippen LogP contribution in [0.2, 0.25) is 0 Å². The number of aliphatic hydroxyl groups excluding tert-OH is 1. The zero-order valence-electron chi connectivity index (χ0n) is 24.9. The summed E-state index contributed by atoms with van der Waals surface area (Å²) in [5, 5.41) is 11.9. The first-order valence-corrected chi connectivity index (χ1v) is 15.5. The quantitative estimate of drug-likeness (QED) is 0.121. The van der Waals surface area contributed by atoms with Gasteiger partial charge in [0.25, 0.3) is 5.78 Å². The van der Waals surface area contributed by atoms with Gasteiger partial charge in [-0.1, -0.05) is 31.3 Å². The van der Waals surface area contributed by atoms with Crippen molar-refractivity contribution in [3.8, 4) is 17.2 Å². The lowest BCUT2D eigenvalue weighted by molar-refractivity contribution is -0.132. The molecule has 4 aromatic rings. The molecule has 2 aliphatic rings. The van der Waals surface area contributed by atoms with E-state index < -0.39 is 23.5 Å². The number of thiazole rings is 1. The van der Waals surface area contributed by atoms with E-state index in [0.717, 1.165) is 29.1 Å². The number of nitrogens with zero attached hydrogens (tertiary/aromatic N) is 2. The molecule has 6 rings (SSSR count). The van der Waals surface area contributed by atoms with E-state index in [0.29, 0.717) is 58.4 Å². The maximum Gasteiger partial charge on any atom is 0.301 e. The molecule has 3 heterocycles. The van der Waals surface area contributed by atoms with Crippen LogP contribution in [-0.2, 0) is 16.0 Å². The molecule has 0 spiro atoms. The van der Waals surface area contributed by atoms with Crippen molar-refractivity contribution in [2.45, 2.75) is 52.7 Å². The molecule has 1 fully saturated rings. The number of aromatic nitrogens is 1. The van der Waals surface area contributed by atoms with Gasteiger partial charge in [-0.25, -0.2) is 9.37 Å². The van der Waals surface area contributed by atoms with Crippen LogP contribution >= 0.6 is 11.3 Å². The van der Waals surface area contributed by atoms with Crippen LogP contribution < -0.4 is 19.1 Å². The van der Waals surface area contributed by atoms with Crippen molar-refractivity contribution in [3.05, 3.63) is 82.7 Å². The van der Waals surface area contributed by atoms with E-state index >= 15 is 0 Å². The molecule has 1 N–H and O–H groups in total. The van der Waals surface area contributed by atoms with Crippen molar-refractivity contribution in [3.63, 3.8) is 0 Å². The van der Waals surface area contributed by atoms with E-state index in [1.807, 2.05) is 13.8 Å². The van der Waals surface area contributed by atoms with Gasteiger partial charge in [-0.05, 0) is 85.8 Å². The minimum absolute atomic E-state index is 0.00453. The number of anilines is 1. The first-order valence-electron chi connectivity index (χ1n) is 14.7. The number of ether oxygens (including phenoxy) is 3. The Morgan fingerprint density at radius 2 is 1.93 bits per heavy atom. The number of benzene rings is 3. The first-order chi connectivity index (χ1) is 21.1. The monoisotopic (exact) mass is 616 g/mol. The van der Waals surface area contributed by atoms with Gasteiger partial charge in [0, 0.05) is 12.0 Å². The minimum Gasteiger partial charge on any atom is -0.507 e. The highest BCUT2D eigenvalue weighted by atomic mass is 32.1. The van der Waals surface area contributed by atoms with E-state index in [1.165, 1.54) is 23.1 Å². The highest BCUT2D eigenvalue weighted by Crippen LogP contribution is 2.46. The minimum atomic E-state index is -1.03. The second-order valence-electron chi connectivity index (χ2n) is 11.4. The number of carbonyl (C=O) groups is 2. The highest BCUT2D eigenvalue weighted by Gasteiger charge is 2.48. The summed E-state index contributed by atoms with van der Waals surface area (Å²) < 4.78 is 32.3. The van der Waals surface area contributed by atoms with Crippen molar-refractivity contribution in [1.29, 1.82) is 0 Å². The molecular formula is C34H33FN2O6S. The van der Waals surface area contributed by atoms with Gasteiger partial charge >= 0.3 is 5.91 Å². The summed E-state index contributed by atoms with van der Waals surface area (Å²) in [6.07, 6.45) is 1.51. The van der Waals surface area contributed by atoms with E-state index in [2.05, 4.69) is 18.8 Å². The summed E-state index contributed by atoms with van der Waals surface area (Å²) in [5.74, 6) is -0.257. The van der Waals surface area contributed by atoms with Crippen molar-refractivity contribution in [2.24, 2.45) is 5.92 Å². The number of carbonyl (C=O) groups excluding carboxylic acids is 2. The topological polar surface area (TPSA) is 98.2 Å². The largest absolute Gasteiger partial charge is 0.507 e. The van der Waals surface area contributed by atoms with Gasteiger partial charge in [0.2, 0.25) is 0 Å². The molecular weight excluding hydrogens is 583 g/mol. The predicted octanol–water partition coefficient (Wildman–Crippen LogP) is 7.21. The SMILES string of the molecule is CCOc1cc([C@H]2C(=C(O)c3ccc4c(c3)C[C@H](C)O4)C(=O)C(=O)N2c2nc3ccc(F)cc3s2)ccc1OCCC(C)C. The normalized spacial score (nSPS) is 19.1. The Bertz CT molecular complexity index is 1800. The Labute approximate surface area is 258 Å². The smallest absolute Gasteiger partial charge is 0.301 e. The van der Waals surface area contributed by atoms with Crippen LogP contribution in [0.1, 0.15) is 56.8 Å². The van der Waals surface area contributed by atoms with Crippen molar-refractivity contribution in [1.82, 2.24) is 4.98 Å². The molecule has 1 amide bonds. The molecule has 0 radical (unpaired) electrons. The van der Waals surface area contributed by atoms with Gasteiger partial charge in [0.15, 0.2) is 16.6 Å². The van der Waals surface area contributed by atoms with Gasteiger partial charge in [-0.2, -0.15) is 0 Å². The number of aliphatic hydroxyl groups is 1. The van der Waals surface area contributed by atoms with E-state index in [-0.39, 0.29) is 22.6 Å². The zero-order chi connectivity index (χ0) is 31.1. The second kappa shape index (κ2) is 11.9. The van der Waals surface area contributed by atoms with Crippen LogP contribution in [0.5, 0.6) is 17.2 Å². The predicted molar refractivity (Wildman–Crippen MR) is 167 cm³/mol. The summed E-state index contributed by atoms with van der Waals surface area (Å²) in [4.78, 5) is 33.3. The lowest BCUT2D eigenvalue weighted by atomic mass is 9.94. The van der Waals surface area contributed by atoms with Gasteiger partial charge < -0.3 is 19.3 Å². The van der Waals surface area contributed by atoms with Gasteiger partial charge in [-0.3, -0.25) is 14.5 Å². The molecule has 1 aromatic heterocycles. The summed E-state index contributed by atoms with van der Waals surface area (Å²) in [7, 11) is 0. The maximum absolute atomic E-state index is 14.0. The van der Waals surface area contributed by atoms with E-state index in [1.54, 1.807) is 36.4 Å². The number of Topliss-reactive ketones (excluding diaryl/α,β-unsaturated/α-hetero) is 1. The lowest BCUT2D eigenvalue weighted by Crippen LogP contribution is -2.29. The van der Waals surface area contributed by atoms with Gasteiger partial charge in [-0.15, -0.1) is 0 Å². The molecule has 10 heteroatoms. The van der Waals surface area contributed by atoms with Crippen molar-refractivity contribution >= 4 is 44.1 Å². The highest BCUT2D eigenvalue weighted by molar-refractivity contribution is 7.22. The third kappa shape index (κ3) is 5.50. The van der Waals surface area contributed by atoms with Crippen LogP contribution in [0.15, 0.2) is 60.2 Å². The van der Waals surface area contributed by atoms with Gasteiger partial charge in [0.05, 0.1) is 35.0 Å². The summed E-state index contributed by atoms with van der Waals surface area (Å²) in [6, 6.07) is 13.6. The average molecular weight is 617 g/mol. The fourth-order valence-corrected chi connectivity index (χ4v) is 6.56. The van der Waals surface area contributed by atoms with Crippen molar-refractivity contribution < 1.29 is 33.3 Å². The number of hydrogen-bond donors (Lipinski definition) is 1. The van der Waals surface area contributed by atoms with Crippen LogP contribution in [0.3, 0.4) is 0 Å². The second-order valence-corrected chi connectivity index (χ2v) is 12.4. The lowest BCUT2D eigenvalue weighted by Gasteiger charge is -2.24. The Hall–Kier alpha value is -4.44. The first kappa shape index (κ1) is 29.6. The van der Waals surface area contributed by atoms with Crippen LogP contribution in [-0.4, -0.2) is 41.1 Å². The van der Waals surface area contributed by atoms with Crippen LogP contribution in [0.25, 0.3) is 16.0 Å². The summed E-state index contributed by atoms with van der Waals surface area (Å²) in [5.41, 5.74) is 2.23. The number of ketones is 1. The fourth-order valence-electron chi connectivity index (χ4n) is 5.55. The Morgan fingerprint density at radius 3 is 2.70 bits per heavy atom. The zero-order valence-corrected chi connectivity index (χ0v) is 25.7. The van der Waals surface area contributed by atoms with Crippen LogP contribution in [0.4, 0.5) is 9.52 Å². The standard InChI is InChI=1S/C34H33FN2O6S/c1-5-41-27-16-20(6-11-26(27)42-13-12-18(2)3)30-29(31(38)21-7-10-25-22(15-21)14-19(4)43-25)32(39)33(40)37(30)34-36-24-9-8-23(35)17-28(24)44-34/h6-11,15-19,30,38H,5,12-14H2,1-4H3/t19-,30-/m0/s1. The molecule has 3 aromatic carbocycles. The average Bonchev–Trinajstić information content (AvgIpc) is 3.65. The molecule has 44 heavy (non-hydrogen) atoms. The third-order valence-electron chi connectivity index (χ3n) is 7.70. The molecule has 0 aliphatic carbocycles. The third-order valence-corrected chi connectivity index (χ3v) is 8.71. The number of hydrogen-bond acceptors (Lipinski definition) is 8. The fraction of sp³-hybridized carbons (Fsp3) is 0.324. The van der Waals surface area contributed by atoms with Crippen molar-refractivity contribution in [2.75, 3.05) is 18.1 Å². The van der Waals surface area contributed by atoms with E-state index in [9.17, 15) is 19.1 Å². The molecule has 8 nitrogen and oxygen atoms in total. The Kier molecular flexibility index (Phi) is 8.02. The maximum atomic E-state index is 14.0. The van der Waals surface area contributed by atoms with Gasteiger partial charge in [0.1, 0.15) is 23.4 Å². The molecule has 2 aliphatic heterocycles.